The van der Waals surface area contributed by atoms with Crippen molar-refractivity contribution in [2.45, 2.75) is 44.6 Å². The Bertz CT molecular complexity index is 1230. The van der Waals surface area contributed by atoms with Gasteiger partial charge >= 0.3 is 6.03 Å². The summed E-state index contributed by atoms with van der Waals surface area (Å²) in [5, 5.41) is 5.01. The molecule has 1 aromatic carbocycles. The van der Waals surface area contributed by atoms with Crippen LogP contribution in [0.5, 0.6) is 0 Å². The normalized spacial score (nSPS) is 17.5. The molecule has 2 fully saturated rings. The molecule has 2 aromatic heterocycles. The first-order chi connectivity index (χ1) is 17.5. The summed E-state index contributed by atoms with van der Waals surface area (Å²) >= 11 is 6.46. The molecule has 2 aliphatic heterocycles. The van der Waals surface area contributed by atoms with E-state index in [4.69, 9.17) is 22.3 Å². The Balaban J connectivity index is 1.12. The zero-order chi connectivity index (χ0) is 25.1. The van der Waals surface area contributed by atoms with Gasteiger partial charge in [-0.05, 0) is 44.1 Å². The fourth-order valence-electron chi connectivity index (χ4n) is 5.28. The van der Waals surface area contributed by atoms with Crippen LogP contribution in [0, 0.1) is 5.92 Å². The number of halogens is 1. The second-order valence-electron chi connectivity index (χ2n) is 9.74. The van der Waals surface area contributed by atoms with Crippen molar-refractivity contribution in [2.24, 2.45) is 11.7 Å². The molecule has 190 valence electrons. The van der Waals surface area contributed by atoms with Gasteiger partial charge in [0.1, 0.15) is 0 Å². The van der Waals surface area contributed by atoms with Gasteiger partial charge < -0.3 is 25.8 Å². The molecule has 2 aliphatic rings. The summed E-state index contributed by atoms with van der Waals surface area (Å²) in [6.07, 6.45) is 8.53. The summed E-state index contributed by atoms with van der Waals surface area (Å²) in [7, 11) is 0. The van der Waals surface area contributed by atoms with Crippen molar-refractivity contribution in [1.29, 1.82) is 0 Å². The van der Waals surface area contributed by atoms with Gasteiger partial charge in [-0.3, -0.25) is 4.79 Å². The third-order valence-corrected chi connectivity index (χ3v) is 7.74. The van der Waals surface area contributed by atoms with E-state index in [2.05, 4.69) is 15.3 Å². The van der Waals surface area contributed by atoms with Gasteiger partial charge in [0.15, 0.2) is 0 Å². The van der Waals surface area contributed by atoms with Crippen molar-refractivity contribution in [3.63, 3.8) is 0 Å². The van der Waals surface area contributed by atoms with Gasteiger partial charge in [-0.25, -0.2) is 14.8 Å². The van der Waals surface area contributed by atoms with Crippen LogP contribution in [0.1, 0.15) is 38.5 Å². The van der Waals surface area contributed by atoms with Gasteiger partial charge in [-0.15, -0.1) is 0 Å². The van der Waals surface area contributed by atoms with E-state index in [9.17, 15) is 9.59 Å². The lowest BCUT2D eigenvalue weighted by atomic mass is 9.92. The molecule has 9 nitrogen and oxygen atoms in total. The molecule has 2 saturated heterocycles. The van der Waals surface area contributed by atoms with Crippen LogP contribution < -0.4 is 11.1 Å². The van der Waals surface area contributed by atoms with Crippen molar-refractivity contribution < 1.29 is 9.59 Å². The van der Waals surface area contributed by atoms with Crippen LogP contribution in [-0.4, -0.2) is 68.9 Å². The lowest BCUT2D eigenvalue weighted by Gasteiger charge is -2.34. The number of nitrogens with two attached hydrogens (primary N) is 1. The van der Waals surface area contributed by atoms with Crippen LogP contribution in [-0.2, 0) is 4.79 Å². The monoisotopic (exact) mass is 509 g/mol. The quantitative estimate of drug-likeness (QED) is 0.458. The molecule has 3 aromatic rings. The highest BCUT2D eigenvalue weighted by Crippen LogP contribution is 2.32. The predicted octanol–water partition coefficient (Wildman–Crippen LogP) is 4.25. The fraction of sp³-hybridized carbons (Fsp3) is 0.462. The molecule has 36 heavy (non-hydrogen) atoms. The number of nitrogens with zero attached hydrogens (tertiary/aromatic N) is 4. The smallest absolute Gasteiger partial charge is 0.314 e. The standard InChI is InChI=1S/C26H32ClN7O2/c27-21-16-30-26(32-24(21)20-15-29-22-4-2-1-3-19(20)22)31-18-9-13-33(14-10-18)23(35)6-5-17-7-11-34(12-8-17)25(28)36/h1-4,15-18,29H,5-14H2,(H2,28,36)(H,30,31,32). The number of hydrogen-bond donors (Lipinski definition) is 3. The van der Waals surface area contributed by atoms with Crippen LogP contribution in [0.15, 0.2) is 36.7 Å². The number of aromatic nitrogens is 3. The molecule has 0 atom stereocenters. The third kappa shape index (κ3) is 5.41. The van der Waals surface area contributed by atoms with Gasteiger partial charge in [0.2, 0.25) is 11.9 Å². The Hall–Kier alpha value is -3.33. The summed E-state index contributed by atoms with van der Waals surface area (Å²) in [5.41, 5.74) is 8.03. The summed E-state index contributed by atoms with van der Waals surface area (Å²) in [5.74, 6) is 1.25. The number of benzene rings is 1. The van der Waals surface area contributed by atoms with E-state index in [-0.39, 0.29) is 18.0 Å². The van der Waals surface area contributed by atoms with Crippen molar-refractivity contribution in [3.05, 3.63) is 41.7 Å². The number of fused-ring (bicyclic) bond motifs is 1. The molecule has 5 rings (SSSR count). The molecule has 0 saturated carbocycles. The molecular formula is C26H32ClN7O2. The first kappa shape index (κ1) is 24.4. The number of anilines is 1. The van der Waals surface area contributed by atoms with E-state index in [0.717, 1.165) is 61.7 Å². The number of nitrogens with one attached hydrogen (secondary N) is 2. The van der Waals surface area contributed by atoms with Gasteiger partial charge in [0, 0.05) is 61.3 Å². The lowest BCUT2D eigenvalue weighted by Crippen LogP contribution is -2.43. The van der Waals surface area contributed by atoms with Gasteiger partial charge in [0.05, 0.1) is 16.9 Å². The van der Waals surface area contributed by atoms with E-state index in [1.807, 2.05) is 35.4 Å². The first-order valence-corrected chi connectivity index (χ1v) is 13.0. The number of hydrogen-bond acceptors (Lipinski definition) is 5. The Labute approximate surface area is 215 Å². The van der Waals surface area contributed by atoms with E-state index in [1.54, 1.807) is 11.1 Å². The van der Waals surface area contributed by atoms with E-state index in [0.29, 0.717) is 42.1 Å². The number of likely N-dealkylation sites (tertiary alicyclic amines) is 2. The summed E-state index contributed by atoms with van der Waals surface area (Å²) < 4.78 is 0. The summed E-state index contributed by atoms with van der Waals surface area (Å²) in [4.78, 5) is 40.1. The van der Waals surface area contributed by atoms with Gasteiger partial charge in [-0.1, -0.05) is 29.8 Å². The third-order valence-electron chi connectivity index (χ3n) is 7.46. The summed E-state index contributed by atoms with van der Waals surface area (Å²) in [6, 6.07) is 7.90. The van der Waals surface area contributed by atoms with Crippen LogP contribution in [0.25, 0.3) is 22.2 Å². The largest absolute Gasteiger partial charge is 0.360 e. The number of carbonyl (C=O) groups is 2. The minimum atomic E-state index is -0.348. The van der Waals surface area contributed by atoms with Crippen LogP contribution in [0.2, 0.25) is 5.02 Å². The molecule has 0 aliphatic carbocycles. The molecule has 4 heterocycles. The maximum atomic E-state index is 12.8. The summed E-state index contributed by atoms with van der Waals surface area (Å²) in [6.45, 7) is 2.83. The highest BCUT2D eigenvalue weighted by atomic mass is 35.5. The minimum Gasteiger partial charge on any atom is -0.360 e. The second-order valence-corrected chi connectivity index (χ2v) is 10.2. The molecule has 10 heteroatoms. The Morgan fingerprint density at radius 3 is 2.56 bits per heavy atom. The molecule has 0 radical (unpaired) electrons. The lowest BCUT2D eigenvalue weighted by molar-refractivity contribution is -0.132. The number of H-pyrrole nitrogens is 1. The molecule has 0 unspecified atom stereocenters. The van der Waals surface area contributed by atoms with Gasteiger partial charge in [0.25, 0.3) is 0 Å². The number of rotatable bonds is 6. The second kappa shape index (κ2) is 10.7. The van der Waals surface area contributed by atoms with Crippen molar-refractivity contribution in [2.75, 3.05) is 31.5 Å². The Morgan fingerprint density at radius 2 is 1.81 bits per heavy atom. The van der Waals surface area contributed by atoms with Gasteiger partial charge in [-0.2, -0.15) is 0 Å². The number of primary amides is 1. The number of aromatic amines is 1. The van der Waals surface area contributed by atoms with Crippen LogP contribution in [0.4, 0.5) is 10.7 Å². The average molecular weight is 510 g/mol. The minimum absolute atomic E-state index is 0.198. The van der Waals surface area contributed by atoms with E-state index in [1.165, 1.54) is 0 Å². The zero-order valence-electron chi connectivity index (χ0n) is 20.3. The predicted molar refractivity (Wildman–Crippen MR) is 141 cm³/mol. The Kier molecular flexibility index (Phi) is 7.27. The Morgan fingerprint density at radius 1 is 1.08 bits per heavy atom. The van der Waals surface area contributed by atoms with Crippen LogP contribution >= 0.6 is 11.6 Å². The maximum Gasteiger partial charge on any atom is 0.314 e. The molecule has 0 bridgehead atoms. The highest BCUT2D eigenvalue weighted by molar-refractivity contribution is 6.33. The first-order valence-electron chi connectivity index (χ1n) is 12.7. The van der Waals surface area contributed by atoms with Crippen molar-refractivity contribution >= 4 is 40.4 Å². The molecular weight excluding hydrogens is 478 g/mol. The SMILES string of the molecule is NC(=O)N1CCC(CCC(=O)N2CCC(Nc3ncc(Cl)c(-c4c[nH]c5ccccc45)n3)CC2)CC1. The number of carbonyl (C=O) groups excluding carboxylic acids is 2. The number of amides is 3. The fourth-order valence-corrected chi connectivity index (χ4v) is 5.47. The topological polar surface area (TPSA) is 120 Å². The number of para-hydroxylation sites is 1. The number of urea groups is 1. The van der Waals surface area contributed by atoms with E-state index < -0.39 is 0 Å². The van der Waals surface area contributed by atoms with Crippen LogP contribution in [0.3, 0.4) is 0 Å². The average Bonchev–Trinajstić information content (AvgIpc) is 3.33. The van der Waals surface area contributed by atoms with Crippen molar-refractivity contribution in [3.8, 4) is 11.3 Å². The maximum absolute atomic E-state index is 12.8. The highest BCUT2D eigenvalue weighted by Gasteiger charge is 2.26. The molecule has 0 spiro atoms. The molecule has 3 amide bonds. The van der Waals surface area contributed by atoms with Crippen molar-refractivity contribution in [1.82, 2.24) is 24.8 Å². The zero-order valence-corrected chi connectivity index (χ0v) is 21.0. The number of piperidine rings is 2. The molecule has 4 N–H and O–H groups in total. The van der Waals surface area contributed by atoms with E-state index >= 15 is 0 Å².